The zero-order valence-corrected chi connectivity index (χ0v) is 16.9. The van der Waals surface area contributed by atoms with Gasteiger partial charge in [-0.2, -0.15) is 0 Å². The number of benzene rings is 1. The van der Waals surface area contributed by atoms with Crippen molar-refractivity contribution in [1.82, 2.24) is 15.1 Å². The molecule has 3 heterocycles. The third-order valence-corrected chi connectivity index (χ3v) is 5.25. The summed E-state index contributed by atoms with van der Waals surface area (Å²) < 4.78 is 99.8. The van der Waals surface area contributed by atoms with Crippen molar-refractivity contribution in [2.45, 2.75) is 63.9 Å². The minimum Gasteiger partial charge on any atom is -0.298 e. The summed E-state index contributed by atoms with van der Waals surface area (Å²) in [5.74, 6) is -10.6. The van der Waals surface area contributed by atoms with Crippen LogP contribution >= 0.6 is 0 Å². The van der Waals surface area contributed by atoms with Crippen LogP contribution < -0.4 is 5.32 Å². The van der Waals surface area contributed by atoms with Crippen molar-refractivity contribution >= 4 is 23.6 Å². The van der Waals surface area contributed by atoms with E-state index in [-0.39, 0.29) is 23.8 Å². The average molecular weight is 442 g/mol. The number of carbonyl (C=O) groups excluding carboxylic acids is 4. The van der Waals surface area contributed by atoms with Crippen LogP contribution in [0.2, 0.25) is 0 Å². The summed E-state index contributed by atoms with van der Waals surface area (Å²) in [4.78, 5) is 50.6. The third-order valence-electron chi connectivity index (χ3n) is 5.25. The predicted molar refractivity (Wildman–Crippen MR) is 106 cm³/mol. The molecular weight excluding hydrogens is 408 g/mol. The molecule has 2 fully saturated rings. The molecule has 1 aromatic carbocycles. The molecule has 9 heteroatoms. The molecule has 2 saturated heterocycles. The fourth-order valence-electron chi connectivity index (χ4n) is 3.62. The zero-order chi connectivity index (χ0) is 29.8. The van der Waals surface area contributed by atoms with E-state index in [1.807, 2.05) is 5.32 Å². The maximum absolute atomic E-state index is 16.1. The lowest BCUT2D eigenvalue weighted by Crippen LogP contribution is -2.54. The predicted octanol–water partition coefficient (Wildman–Crippen LogP) is 2.34. The van der Waals surface area contributed by atoms with Crippen molar-refractivity contribution in [3.63, 3.8) is 0 Å². The number of amides is 4. The molecule has 3 aliphatic rings. The Morgan fingerprint density at radius 1 is 1.06 bits per heavy atom. The summed E-state index contributed by atoms with van der Waals surface area (Å²) in [7, 11) is 0. The number of likely N-dealkylation sites (tertiary alicyclic amines) is 1. The Kier molecular flexibility index (Phi) is 3.30. The normalized spacial score (nSPS) is 33.7. The topological polar surface area (TPSA) is 86.8 Å². The Balaban J connectivity index is 1.92. The average Bonchev–Trinajstić information content (AvgIpc) is 3.00. The fraction of sp³-hybridized carbons (Fsp3) is 0.545. The molecule has 1 N–H and O–H groups in total. The number of imide groups is 2. The molecule has 1 atom stereocenters. The van der Waals surface area contributed by atoms with E-state index >= 15 is 8.78 Å². The van der Waals surface area contributed by atoms with E-state index in [0.717, 1.165) is 0 Å². The van der Waals surface area contributed by atoms with Gasteiger partial charge in [-0.15, -0.1) is 0 Å². The summed E-state index contributed by atoms with van der Waals surface area (Å²) in [6.07, 6.45) is -7.41. The van der Waals surface area contributed by atoms with Crippen molar-refractivity contribution in [2.75, 3.05) is 13.0 Å². The van der Waals surface area contributed by atoms with Crippen molar-refractivity contribution in [2.24, 2.45) is 0 Å². The number of rotatable bonds is 2. The number of fused-ring (bicyclic) bond motifs is 1. The highest BCUT2D eigenvalue weighted by molar-refractivity contribution is 6.23. The molecule has 0 aliphatic carbocycles. The Hall–Kier alpha value is -2.68. The molecule has 0 bridgehead atoms. The lowest BCUT2D eigenvalue weighted by molar-refractivity contribution is -0.136. The summed E-state index contributed by atoms with van der Waals surface area (Å²) in [6, 6.07) is -1.32. The van der Waals surface area contributed by atoms with E-state index in [0.29, 0.717) is 4.90 Å². The highest BCUT2D eigenvalue weighted by Gasteiger charge is 2.48. The number of hydrogen-bond donors (Lipinski definition) is 1. The highest BCUT2D eigenvalue weighted by Crippen LogP contribution is 2.38. The summed E-state index contributed by atoms with van der Waals surface area (Å²) in [5.41, 5.74) is -4.98. The minimum atomic E-state index is -3.41. The van der Waals surface area contributed by atoms with E-state index in [4.69, 9.17) is 11.0 Å². The maximum atomic E-state index is 16.1. The van der Waals surface area contributed by atoms with Gasteiger partial charge in [0, 0.05) is 22.9 Å². The van der Waals surface area contributed by atoms with Crippen molar-refractivity contribution < 1.29 is 38.9 Å². The second kappa shape index (κ2) is 7.47. The molecule has 166 valence electrons. The number of hydrogen-bond acceptors (Lipinski definition) is 5. The van der Waals surface area contributed by atoms with Crippen LogP contribution in [-0.4, -0.2) is 58.0 Å². The first-order chi connectivity index (χ1) is 17.5. The Bertz CT molecular complexity index is 1300. The zero-order valence-electron chi connectivity index (χ0n) is 24.9. The van der Waals surface area contributed by atoms with Gasteiger partial charge < -0.3 is 0 Å². The highest BCUT2D eigenvalue weighted by atomic mass is 19.1. The van der Waals surface area contributed by atoms with Crippen molar-refractivity contribution in [1.29, 1.82) is 0 Å². The molecule has 0 aromatic heterocycles. The van der Waals surface area contributed by atoms with Gasteiger partial charge >= 0.3 is 0 Å². The molecule has 3 aliphatic heterocycles. The van der Waals surface area contributed by atoms with E-state index in [1.54, 1.807) is 0 Å². The van der Waals surface area contributed by atoms with Gasteiger partial charge in [0.1, 0.15) is 17.7 Å². The number of nitrogens with zero attached hydrogens (tertiary/aromatic N) is 2. The van der Waals surface area contributed by atoms with Gasteiger partial charge in [-0.3, -0.25) is 34.3 Å². The molecule has 0 radical (unpaired) electrons. The van der Waals surface area contributed by atoms with Gasteiger partial charge in [-0.05, 0) is 70.5 Å². The molecular formula is C22H25F2N3O4. The molecule has 4 amide bonds. The monoisotopic (exact) mass is 441 g/mol. The standard InChI is InChI=1S/C22H25F2N3O4/c1-22(2,3)26-8-6-11(7-9-26)12-10-13(23)16-17(18(12)24)21(31)27(20(16)30)14-4-5-15(28)25-19(14)29/h10-11,14H,4-9H2,1-3H3,(H,25,28,29)/i6D2,7D2,8D2,9D2. The number of carbonyl (C=O) groups is 4. The molecule has 1 unspecified atom stereocenters. The smallest absolute Gasteiger partial charge is 0.265 e. The van der Waals surface area contributed by atoms with Gasteiger partial charge in [0.25, 0.3) is 11.8 Å². The Labute approximate surface area is 190 Å². The fourth-order valence-corrected chi connectivity index (χ4v) is 3.62. The quantitative estimate of drug-likeness (QED) is 0.712. The molecule has 0 saturated carbocycles. The third kappa shape index (κ3) is 3.54. The van der Waals surface area contributed by atoms with Crippen LogP contribution in [0.25, 0.3) is 0 Å². The second-order valence-electron chi connectivity index (χ2n) is 8.41. The van der Waals surface area contributed by atoms with Crippen LogP contribution in [0.4, 0.5) is 8.78 Å². The van der Waals surface area contributed by atoms with Gasteiger partial charge in [0.15, 0.2) is 0 Å². The molecule has 4 rings (SSSR count). The molecule has 31 heavy (non-hydrogen) atoms. The lowest BCUT2D eigenvalue weighted by atomic mass is 9.85. The van der Waals surface area contributed by atoms with Crippen LogP contribution in [0.5, 0.6) is 0 Å². The van der Waals surface area contributed by atoms with Crippen LogP contribution in [-0.2, 0) is 9.59 Å². The molecule has 0 spiro atoms. The minimum absolute atomic E-state index is 0.256. The van der Waals surface area contributed by atoms with Crippen molar-refractivity contribution in [3.8, 4) is 0 Å². The second-order valence-corrected chi connectivity index (χ2v) is 8.41. The lowest BCUT2D eigenvalue weighted by Gasteiger charge is -2.41. The largest absolute Gasteiger partial charge is 0.298 e. The number of piperidine rings is 2. The van der Waals surface area contributed by atoms with Crippen molar-refractivity contribution in [3.05, 3.63) is 34.4 Å². The summed E-state index contributed by atoms with van der Waals surface area (Å²) in [5, 5.41) is 1.92. The summed E-state index contributed by atoms with van der Waals surface area (Å²) >= 11 is 0. The first-order valence-electron chi connectivity index (χ1n) is 13.6. The molecule has 1 aromatic rings. The number of halogens is 2. The van der Waals surface area contributed by atoms with Crippen LogP contribution in [0.15, 0.2) is 6.07 Å². The Morgan fingerprint density at radius 3 is 2.26 bits per heavy atom. The summed E-state index contributed by atoms with van der Waals surface area (Å²) in [6.45, 7) is -2.58. The molecule has 7 nitrogen and oxygen atoms in total. The van der Waals surface area contributed by atoms with E-state index < -0.39 is 95.2 Å². The van der Waals surface area contributed by atoms with Gasteiger partial charge in [0.2, 0.25) is 11.8 Å². The number of nitrogens with one attached hydrogen (secondary N) is 1. The van der Waals surface area contributed by atoms with Crippen LogP contribution in [0.3, 0.4) is 0 Å². The van der Waals surface area contributed by atoms with Crippen LogP contribution in [0.1, 0.15) is 89.5 Å². The first-order valence-corrected chi connectivity index (χ1v) is 9.56. The first kappa shape index (κ1) is 13.7. The van der Waals surface area contributed by atoms with Crippen LogP contribution in [0, 0.1) is 11.6 Å². The van der Waals surface area contributed by atoms with Gasteiger partial charge in [-0.1, -0.05) is 0 Å². The van der Waals surface area contributed by atoms with E-state index in [1.165, 1.54) is 20.8 Å². The maximum Gasteiger partial charge on any atom is 0.265 e. The van der Waals surface area contributed by atoms with E-state index in [9.17, 15) is 19.2 Å². The van der Waals surface area contributed by atoms with Gasteiger partial charge in [0.05, 0.1) is 11.1 Å². The SMILES string of the molecule is [2H]C1([2H])C(c2cc(F)c3c(c2F)C(=O)N(C2CCC(=O)NC2=O)C3=O)C([2H])([2H])C([2H])([2H])N(C(C)(C)C)C1([2H])[2H]. The van der Waals surface area contributed by atoms with Gasteiger partial charge in [-0.25, -0.2) is 8.78 Å². The Morgan fingerprint density at radius 2 is 1.68 bits per heavy atom. The van der Waals surface area contributed by atoms with E-state index in [2.05, 4.69) is 0 Å².